The van der Waals surface area contributed by atoms with Crippen molar-refractivity contribution in [2.75, 3.05) is 39.4 Å². The molecule has 0 spiro atoms. The fourth-order valence-corrected chi connectivity index (χ4v) is 1.55. The van der Waals surface area contributed by atoms with Gasteiger partial charge in [-0.1, -0.05) is 0 Å². The lowest BCUT2D eigenvalue weighted by Crippen LogP contribution is -2.45. The number of nitrogens with one attached hydrogen (secondary N) is 1. The first kappa shape index (κ1) is 10.9. The van der Waals surface area contributed by atoms with Crippen molar-refractivity contribution >= 4 is 0 Å². The average Bonchev–Trinajstić information content (AvgIpc) is 2.02. The van der Waals surface area contributed by atoms with Gasteiger partial charge in [0.15, 0.2) is 0 Å². The molecule has 1 saturated heterocycles. The summed E-state index contributed by atoms with van der Waals surface area (Å²) in [7, 11) is 0. The molecule has 78 valence electrons. The first-order valence-corrected chi connectivity index (χ1v) is 5.04. The number of hydrogen-bond donors (Lipinski definition) is 3. The highest BCUT2D eigenvalue weighted by molar-refractivity contribution is 4.78. The van der Waals surface area contributed by atoms with E-state index in [2.05, 4.69) is 10.2 Å². The van der Waals surface area contributed by atoms with Crippen LogP contribution in [0.25, 0.3) is 0 Å². The molecule has 1 rings (SSSR count). The number of rotatable bonds is 7. The van der Waals surface area contributed by atoms with Crippen LogP contribution in [-0.4, -0.2) is 60.5 Å². The van der Waals surface area contributed by atoms with Gasteiger partial charge in [0, 0.05) is 19.1 Å². The number of aliphatic hydroxyl groups excluding tert-OH is 2. The molecule has 0 aromatic rings. The molecular formula is C9H20N2O2. The lowest BCUT2D eigenvalue weighted by atomic mass is 10.0. The fraction of sp³-hybridized carbons (Fsp3) is 1.00. The first-order valence-electron chi connectivity index (χ1n) is 5.04. The highest BCUT2D eigenvalue weighted by Crippen LogP contribution is 2.07. The van der Waals surface area contributed by atoms with Crippen LogP contribution < -0.4 is 5.32 Å². The van der Waals surface area contributed by atoms with Gasteiger partial charge in [0.1, 0.15) is 0 Å². The summed E-state index contributed by atoms with van der Waals surface area (Å²) in [4.78, 5) is 2.10. The second-order valence-corrected chi connectivity index (χ2v) is 3.52. The average molecular weight is 188 g/mol. The number of aliphatic hydroxyl groups is 2. The van der Waals surface area contributed by atoms with Crippen LogP contribution in [0.4, 0.5) is 0 Å². The monoisotopic (exact) mass is 188 g/mol. The van der Waals surface area contributed by atoms with Gasteiger partial charge in [0.2, 0.25) is 0 Å². The third-order valence-electron chi connectivity index (χ3n) is 2.55. The van der Waals surface area contributed by atoms with Gasteiger partial charge >= 0.3 is 0 Å². The Morgan fingerprint density at radius 3 is 2.15 bits per heavy atom. The van der Waals surface area contributed by atoms with E-state index in [0.29, 0.717) is 19.1 Å². The normalized spacial score (nSPS) is 21.9. The summed E-state index contributed by atoms with van der Waals surface area (Å²) in [5.74, 6) is 0. The number of nitrogens with zero attached hydrogens (tertiary/aromatic N) is 1. The van der Waals surface area contributed by atoms with Crippen LogP contribution in [0, 0.1) is 0 Å². The van der Waals surface area contributed by atoms with Gasteiger partial charge in [-0.15, -0.1) is 0 Å². The topological polar surface area (TPSA) is 55.7 Å². The molecule has 0 radical (unpaired) electrons. The zero-order valence-corrected chi connectivity index (χ0v) is 8.08. The van der Waals surface area contributed by atoms with E-state index in [4.69, 9.17) is 10.2 Å². The van der Waals surface area contributed by atoms with E-state index >= 15 is 0 Å². The van der Waals surface area contributed by atoms with E-state index in [1.54, 1.807) is 0 Å². The molecular weight excluding hydrogens is 168 g/mol. The standard InChI is InChI=1S/C9H20N2O2/c12-7-5-11(6-8-13)4-2-9-1-3-10-9/h9-10,12-13H,1-8H2. The third-order valence-corrected chi connectivity index (χ3v) is 2.55. The maximum absolute atomic E-state index is 8.76. The van der Waals surface area contributed by atoms with Crippen LogP contribution in [0.2, 0.25) is 0 Å². The highest BCUT2D eigenvalue weighted by Gasteiger charge is 2.16. The van der Waals surface area contributed by atoms with Crippen LogP contribution >= 0.6 is 0 Å². The van der Waals surface area contributed by atoms with Gasteiger partial charge in [-0.2, -0.15) is 0 Å². The minimum absolute atomic E-state index is 0.179. The van der Waals surface area contributed by atoms with E-state index in [9.17, 15) is 0 Å². The van der Waals surface area contributed by atoms with E-state index in [0.717, 1.165) is 19.5 Å². The second-order valence-electron chi connectivity index (χ2n) is 3.52. The molecule has 3 N–H and O–H groups in total. The van der Waals surface area contributed by atoms with E-state index in [1.807, 2.05) is 0 Å². The van der Waals surface area contributed by atoms with Crippen LogP contribution in [0.3, 0.4) is 0 Å². The van der Waals surface area contributed by atoms with Crippen molar-refractivity contribution in [1.29, 1.82) is 0 Å². The second kappa shape index (κ2) is 6.32. The van der Waals surface area contributed by atoms with Crippen molar-refractivity contribution in [3.63, 3.8) is 0 Å². The van der Waals surface area contributed by atoms with Gasteiger partial charge in [-0.25, -0.2) is 0 Å². The molecule has 0 aromatic heterocycles. The van der Waals surface area contributed by atoms with Crippen LogP contribution in [0.5, 0.6) is 0 Å². The summed E-state index contributed by atoms with van der Waals surface area (Å²) < 4.78 is 0. The quantitative estimate of drug-likeness (QED) is 0.481. The lowest BCUT2D eigenvalue weighted by molar-refractivity contribution is 0.151. The molecule has 1 aliphatic rings. The molecule has 0 aromatic carbocycles. The molecule has 1 atom stereocenters. The largest absolute Gasteiger partial charge is 0.395 e. The summed E-state index contributed by atoms with van der Waals surface area (Å²) in [5.41, 5.74) is 0. The van der Waals surface area contributed by atoms with Crippen molar-refractivity contribution in [2.24, 2.45) is 0 Å². The molecule has 0 aliphatic carbocycles. The maximum Gasteiger partial charge on any atom is 0.0558 e. The van der Waals surface area contributed by atoms with Crippen molar-refractivity contribution in [1.82, 2.24) is 10.2 Å². The maximum atomic E-state index is 8.76. The van der Waals surface area contributed by atoms with Gasteiger partial charge in [-0.3, -0.25) is 4.90 Å². The Hall–Kier alpha value is -0.160. The predicted molar refractivity (Wildman–Crippen MR) is 51.6 cm³/mol. The Kier molecular flexibility index (Phi) is 5.31. The lowest BCUT2D eigenvalue weighted by Gasteiger charge is -2.30. The molecule has 4 nitrogen and oxygen atoms in total. The Morgan fingerprint density at radius 2 is 1.77 bits per heavy atom. The van der Waals surface area contributed by atoms with E-state index < -0.39 is 0 Å². The molecule has 0 saturated carbocycles. The molecule has 4 heteroatoms. The smallest absolute Gasteiger partial charge is 0.0558 e. The van der Waals surface area contributed by atoms with Gasteiger partial charge < -0.3 is 15.5 Å². The molecule has 1 unspecified atom stereocenters. The molecule has 1 aliphatic heterocycles. The fourth-order valence-electron chi connectivity index (χ4n) is 1.55. The Morgan fingerprint density at radius 1 is 1.15 bits per heavy atom. The summed E-state index contributed by atoms with van der Waals surface area (Å²) in [6, 6.07) is 0.667. The minimum atomic E-state index is 0.179. The zero-order chi connectivity index (χ0) is 9.52. The van der Waals surface area contributed by atoms with Crippen LogP contribution in [0.15, 0.2) is 0 Å². The first-order chi connectivity index (χ1) is 6.36. The molecule has 0 bridgehead atoms. The highest BCUT2D eigenvalue weighted by atomic mass is 16.3. The van der Waals surface area contributed by atoms with E-state index in [-0.39, 0.29) is 13.2 Å². The molecule has 1 fully saturated rings. The van der Waals surface area contributed by atoms with Gasteiger partial charge in [0.25, 0.3) is 0 Å². The Balaban J connectivity index is 2.05. The Labute approximate surface area is 79.6 Å². The summed E-state index contributed by atoms with van der Waals surface area (Å²) in [5, 5.41) is 20.9. The van der Waals surface area contributed by atoms with Gasteiger partial charge in [0.05, 0.1) is 13.2 Å². The van der Waals surface area contributed by atoms with Crippen molar-refractivity contribution in [3.05, 3.63) is 0 Å². The summed E-state index contributed by atoms with van der Waals surface area (Å²) in [6.07, 6.45) is 2.39. The SMILES string of the molecule is OCCN(CCO)CCC1CCN1. The molecule has 13 heavy (non-hydrogen) atoms. The van der Waals surface area contributed by atoms with Gasteiger partial charge in [-0.05, 0) is 25.9 Å². The number of hydrogen-bond acceptors (Lipinski definition) is 4. The van der Waals surface area contributed by atoms with Crippen molar-refractivity contribution < 1.29 is 10.2 Å². The zero-order valence-electron chi connectivity index (χ0n) is 8.08. The van der Waals surface area contributed by atoms with Crippen LogP contribution in [-0.2, 0) is 0 Å². The summed E-state index contributed by atoms with van der Waals surface area (Å²) in [6.45, 7) is 3.82. The van der Waals surface area contributed by atoms with E-state index in [1.165, 1.54) is 6.42 Å². The van der Waals surface area contributed by atoms with Crippen molar-refractivity contribution in [2.45, 2.75) is 18.9 Å². The summed E-state index contributed by atoms with van der Waals surface area (Å²) >= 11 is 0. The Bertz CT molecular complexity index is 123. The van der Waals surface area contributed by atoms with Crippen LogP contribution in [0.1, 0.15) is 12.8 Å². The minimum Gasteiger partial charge on any atom is -0.395 e. The van der Waals surface area contributed by atoms with Crippen molar-refractivity contribution in [3.8, 4) is 0 Å². The molecule has 0 amide bonds. The predicted octanol–water partition coefficient (Wildman–Crippen LogP) is -0.975. The molecule has 1 heterocycles. The third kappa shape index (κ3) is 4.04.